The van der Waals surface area contributed by atoms with Crippen molar-refractivity contribution in [2.24, 2.45) is 0 Å². The first-order valence-corrected chi connectivity index (χ1v) is 10.5. The fraction of sp³-hybridized carbons (Fsp3) is 0.200. The normalized spacial score (nSPS) is 16.4. The van der Waals surface area contributed by atoms with E-state index in [1.54, 1.807) is 25.4 Å². The Morgan fingerprint density at radius 3 is 2.61 bits per heavy atom. The van der Waals surface area contributed by atoms with Gasteiger partial charge < -0.3 is 5.32 Å². The number of hydrogen-bond acceptors (Lipinski definition) is 3. The topological polar surface area (TPSA) is 51.1 Å². The molecule has 1 aromatic heterocycles. The number of nitrogens with zero attached hydrogens (tertiary/aromatic N) is 1. The lowest BCUT2D eigenvalue weighted by atomic mass is 10.1. The molecule has 146 valence electrons. The van der Waals surface area contributed by atoms with Gasteiger partial charge in [0.25, 0.3) is 10.0 Å². The largest absolute Gasteiger partial charge is 0.313 e. The zero-order valence-electron chi connectivity index (χ0n) is 14.9. The molecule has 1 aliphatic carbocycles. The van der Waals surface area contributed by atoms with Gasteiger partial charge in [0, 0.05) is 22.8 Å². The summed E-state index contributed by atoms with van der Waals surface area (Å²) in [5.41, 5.74) is 2.32. The molecule has 1 heterocycles. The van der Waals surface area contributed by atoms with Gasteiger partial charge in [-0.2, -0.15) is 0 Å². The van der Waals surface area contributed by atoms with Gasteiger partial charge in [0.2, 0.25) is 0 Å². The van der Waals surface area contributed by atoms with Gasteiger partial charge in [0.05, 0.1) is 10.6 Å². The fourth-order valence-corrected chi connectivity index (χ4v) is 5.44. The number of fused-ring (bicyclic) bond motifs is 1. The lowest BCUT2D eigenvalue weighted by Gasteiger charge is -2.13. The van der Waals surface area contributed by atoms with Crippen molar-refractivity contribution in [1.29, 1.82) is 0 Å². The maximum Gasteiger partial charge on any atom is 0.268 e. The van der Waals surface area contributed by atoms with Crippen molar-refractivity contribution >= 4 is 21.6 Å². The molecule has 0 bridgehead atoms. The highest BCUT2D eigenvalue weighted by atomic mass is 35.5. The van der Waals surface area contributed by atoms with E-state index in [0.717, 1.165) is 33.7 Å². The van der Waals surface area contributed by atoms with E-state index in [1.807, 2.05) is 0 Å². The third-order valence-electron chi connectivity index (χ3n) is 5.06. The van der Waals surface area contributed by atoms with Crippen molar-refractivity contribution in [2.45, 2.75) is 23.8 Å². The summed E-state index contributed by atoms with van der Waals surface area (Å²) in [4.78, 5) is 0.0264. The predicted octanol–water partition coefficient (Wildman–Crippen LogP) is 4.53. The minimum Gasteiger partial charge on any atom is -0.313 e. The molecule has 0 fully saturated rings. The Morgan fingerprint density at radius 2 is 1.93 bits per heavy atom. The second kappa shape index (κ2) is 6.99. The van der Waals surface area contributed by atoms with Gasteiger partial charge in [0.15, 0.2) is 11.6 Å². The molecule has 0 saturated carbocycles. The van der Waals surface area contributed by atoms with Crippen LogP contribution in [0, 0.1) is 11.6 Å². The minimum atomic E-state index is -3.98. The number of aromatic nitrogens is 1. The Bertz CT molecular complexity index is 1170. The molecule has 8 heteroatoms. The Hall–Kier alpha value is -2.22. The molecule has 1 N–H and O–H groups in total. The molecule has 0 radical (unpaired) electrons. The van der Waals surface area contributed by atoms with Crippen molar-refractivity contribution in [3.05, 3.63) is 76.4 Å². The number of benzene rings is 2. The molecule has 4 rings (SSSR count). The maximum absolute atomic E-state index is 13.9. The highest BCUT2D eigenvalue weighted by molar-refractivity contribution is 7.90. The summed E-state index contributed by atoms with van der Waals surface area (Å²) < 4.78 is 55.2. The zero-order chi connectivity index (χ0) is 20.1. The molecule has 3 aromatic rings. The molecule has 1 atom stereocenters. The quantitative estimate of drug-likeness (QED) is 0.672. The predicted molar refractivity (Wildman–Crippen MR) is 104 cm³/mol. The smallest absolute Gasteiger partial charge is 0.268 e. The number of halogens is 3. The molecule has 0 saturated heterocycles. The lowest BCUT2D eigenvalue weighted by molar-refractivity contribution is 0.509. The highest BCUT2D eigenvalue weighted by Crippen LogP contribution is 2.41. The molecule has 1 aliphatic rings. The molecule has 0 amide bonds. The third kappa shape index (κ3) is 3.03. The summed E-state index contributed by atoms with van der Waals surface area (Å²) >= 11 is 5.98. The Kier molecular flexibility index (Phi) is 4.77. The molecular weight excluding hydrogens is 406 g/mol. The van der Waals surface area contributed by atoms with E-state index in [-0.39, 0.29) is 10.9 Å². The second-order valence-corrected chi connectivity index (χ2v) is 8.93. The summed E-state index contributed by atoms with van der Waals surface area (Å²) in [6, 6.07) is 9.39. The number of nitrogens with one attached hydrogen (secondary N) is 1. The summed E-state index contributed by atoms with van der Waals surface area (Å²) in [6.45, 7) is 0. The van der Waals surface area contributed by atoms with E-state index in [4.69, 9.17) is 11.6 Å². The highest BCUT2D eigenvalue weighted by Gasteiger charge is 2.32. The number of rotatable bonds is 4. The van der Waals surface area contributed by atoms with Crippen molar-refractivity contribution in [2.75, 3.05) is 7.05 Å². The second-order valence-electron chi connectivity index (χ2n) is 6.68. The molecule has 2 aromatic carbocycles. The van der Waals surface area contributed by atoms with Crippen molar-refractivity contribution in [1.82, 2.24) is 9.29 Å². The van der Waals surface area contributed by atoms with Gasteiger partial charge in [-0.15, -0.1) is 0 Å². The van der Waals surface area contributed by atoms with Crippen LogP contribution in [0.25, 0.3) is 11.3 Å². The minimum absolute atomic E-state index is 0.00476. The lowest BCUT2D eigenvalue weighted by Crippen LogP contribution is -2.16. The summed E-state index contributed by atoms with van der Waals surface area (Å²) in [6.07, 6.45) is 3.00. The Morgan fingerprint density at radius 1 is 1.14 bits per heavy atom. The molecule has 4 nitrogen and oxygen atoms in total. The van der Waals surface area contributed by atoms with E-state index in [0.29, 0.717) is 22.7 Å². The SMILES string of the molecule is CNC1CCc2c1cn(S(=O)(=O)c1cccc(Cl)c1)c2-c1ccc(F)c(F)c1. The number of hydrogen-bond donors (Lipinski definition) is 1. The molecule has 1 unspecified atom stereocenters. The van der Waals surface area contributed by atoms with Crippen molar-refractivity contribution in [3.8, 4) is 11.3 Å². The first-order valence-electron chi connectivity index (χ1n) is 8.71. The monoisotopic (exact) mass is 422 g/mol. The van der Waals surface area contributed by atoms with E-state index < -0.39 is 21.7 Å². The van der Waals surface area contributed by atoms with E-state index in [1.165, 1.54) is 18.2 Å². The van der Waals surface area contributed by atoms with Gasteiger partial charge in [-0.1, -0.05) is 17.7 Å². The van der Waals surface area contributed by atoms with Crippen LogP contribution in [0.15, 0.2) is 53.6 Å². The Balaban J connectivity index is 1.99. The first kappa shape index (κ1) is 19.1. The molecule has 0 spiro atoms. The summed E-state index contributed by atoms with van der Waals surface area (Å²) in [7, 11) is -2.18. The molecular formula is C20H17ClF2N2O2S. The van der Waals surface area contributed by atoms with Crippen LogP contribution < -0.4 is 5.32 Å². The molecule has 28 heavy (non-hydrogen) atoms. The van der Waals surface area contributed by atoms with Gasteiger partial charge in [-0.05, 0) is 67.4 Å². The zero-order valence-corrected chi connectivity index (χ0v) is 16.5. The fourth-order valence-electron chi connectivity index (χ4n) is 3.72. The average molecular weight is 423 g/mol. The van der Waals surface area contributed by atoms with Crippen LogP contribution in [0.1, 0.15) is 23.6 Å². The van der Waals surface area contributed by atoms with Crippen molar-refractivity contribution < 1.29 is 17.2 Å². The van der Waals surface area contributed by atoms with Gasteiger partial charge in [-0.25, -0.2) is 21.2 Å². The van der Waals surface area contributed by atoms with E-state index >= 15 is 0 Å². The van der Waals surface area contributed by atoms with Crippen LogP contribution in [0.4, 0.5) is 8.78 Å². The molecule has 0 aliphatic heterocycles. The van der Waals surface area contributed by atoms with Gasteiger partial charge >= 0.3 is 0 Å². The van der Waals surface area contributed by atoms with Crippen LogP contribution in [-0.4, -0.2) is 19.4 Å². The average Bonchev–Trinajstić information content (AvgIpc) is 3.23. The third-order valence-corrected chi connectivity index (χ3v) is 6.95. The standard InChI is InChI=1S/C20H17ClF2N2O2S/c1-24-19-8-6-15-16(19)11-25(20(15)12-5-7-17(22)18(23)9-12)28(26,27)14-4-2-3-13(21)10-14/h2-5,7,9-11,19,24H,6,8H2,1H3. The summed E-state index contributed by atoms with van der Waals surface area (Å²) in [5, 5.41) is 3.46. The van der Waals surface area contributed by atoms with E-state index in [2.05, 4.69) is 5.32 Å². The van der Waals surface area contributed by atoms with Crippen LogP contribution in [-0.2, 0) is 16.4 Å². The van der Waals surface area contributed by atoms with Crippen molar-refractivity contribution in [3.63, 3.8) is 0 Å². The van der Waals surface area contributed by atoms with Gasteiger partial charge in [-0.3, -0.25) is 0 Å². The maximum atomic E-state index is 13.9. The van der Waals surface area contributed by atoms with Gasteiger partial charge in [0.1, 0.15) is 0 Å². The summed E-state index contributed by atoms with van der Waals surface area (Å²) in [5.74, 6) is -2.01. The Labute approximate surface area is 166 Å². The van der Waals surface area contributed by atoms with E-state index in [9.17, 15) is 17.2 Å². The van der Waals surface area contributed by atoms with Crippen LogP contribution in [0.5, 0.6) is 0 Å². The first-order chi connectivity index (χ1) is 13.3. The van der Waals surface area contributed by atoms with Crippen LogP contribution >= 0.6 is 11.6 Å². The van der Waals surface area contributed by atoms with Crippen LogP contribution in [0.2, 0.25) is 5.02 Å². The van der Waals surface area contributed by atoms with Crippen LogP contribution in [0.3, 0.4) is 0 Å².